The molecule has 0 aromatic carbocycles. The smallest absolute Gasteiger partial charge is 0.171 e. The summed E-state index contributed by atoms with van der Waals surface area (Å²) in [5.41, 5.74) is 1.11. The van der Waals surface area contributed by atoms with Gasteiger partial charge in [0.05, 0.1) is 5.57 Å². The number of hydrogen-bond donors (Lipinski definition) is 0. The molecule has 0 spiro atoms. The van der Waals surface area contributed by atoms with Gasteiger partial charge in [-0.15, -0.1) is 0 Å². The molecular formula is C9H17N2+. The first-order valence-corrected chi connectivity index (χ1v) is 3.58. The summed E-state index contributed by atoms with van der Waals surface area (Å²) in [7, 11) is 7.97. The molecule has 0 saturated carbocycles. The van der Waals surface area contributed by atoms with E-state index in [1.165, 1.54) is 0 Å². The Balaban J connectivity index is 4.41. The molecule has 0 aromatic heterocycles. The molecule has 0 saturated heterocycles. The van der Waals surface area contributed by atoms with Crippen molar-refractivity contribution in [1.82, 2.24) is 4.90 Å². The molecule has 0 rings (SSSR count). The highest BCUT2D eigenvalue weighted by Gasteiger charge is 1.91. The Morgan fingerprint density at radius 2 is 1.91 bits per heavy atom. The Hall–Kier alpha value is -1.05. The molecule has 0 aliphatic rings. The van der Waals surface area contributed by atoms with Crippen LogP contribution in [0.2, 0.25) is 0 Å². The van der Waals surface area contributed by atoms with Crippen LogP contribution in [0.15, 0.2) is 24.4 Å². The Labute approximate surface area is 69.1 Å². The summed E-state index contributed by atoms with van der Waals surface area (Å²) >= 11 is 0. The maximum Gasteiger partial charge on any atom is 0.171 e. The van der Waals surface area contributed by atoms with E-state index in [4.69, 9.17) is 0 Å². The van der Waals surface area contributed by atoms with Crippen molar-refractivity contribution < 1.29 is 4.58 Å². The van der Waals surface area contributed by atoms with Crippen molar-refractivity contribution in [2.45, 2.75) is 0 Å². The van der Waals surface area contributed by atoms with E-state index in [9.17, 15) is 0 Å². The first kappa shape index (κ1) is 9.95. The molecular weight excluding hydrogens is 136 g/mol. The summed E-state index contributed by atoms with van der Waals surface area (Å²) in [5.74, 6) is 0. The number of rotatable bonds is 3. The van der Waals surface area contributed by atoms with Gasteiger partial charge in [0.1, 0.15) is 14.1 Å². The van der Waals surface area contributed by atoms with Crippen LogP contribution in [-0.4, -0.2) is 43.9 Å². The van der Waals surface area contributed by atoms with E-state index in [0.717, 1.165) is 5.57 Å². The van der Waals surface area contributed by atoms with Gasteiger partial charge in [0.25, 0.3) is 0 Å². The molecule has 2 nitrogen and oxygen atoms in total. The molecule has 0 aliphatic heterocycles. The third kappa shape index (κ3) is 5.40. The lowest BCUT2D eigenvalue weighted by Gasteiger charge is -2.03. The molecule has 0 radical (unpaired) electrons. The van der Waals surface area contributed by atoms with E-state index in [0.29, 0.717) is 0 Å². The highest BCUT2D eigenvalue weighted by Crippen LogP contribution is 1.91. The van der Waals surface area contributed by atoms with Gasteiger partial charge in [0.15, 0.2) is 6.21 Å². The predicted molar refractivity (Wildman–Crippen MR) is 50.1 cm³/mol. The summed E-state index contributed by atoms with van der Waals surface area (Å²) in [6.07, 6.45) is 5.88. The highest BCUT2D eigenvalue weighted by molar-refractivity contribution is 5.77. The minimum atomic E-state index is 1.11. The quantitative estimate of drug-likeness (QED) is 0.332. The monoisotopic (exact) mass is 153 g/mol. The molecule has 0 unspecified atom stereocenters. The first-order valence-electron chi connectivity index (χ1n) is 3.58. The lowest BCUT2D eigenvalue weighted by Crippen LogP contribution is -2.06. The Morgan fingerprint density at radius 3 is 2.18 bits per heavy atom. The normalized spacial score (nSPS) is 10.7. The van der Waals surface area contributed by atoms with Gasteiger partial charge in [-0.25, -0.2) is 4.58 Å². The van der Waals surface area contributed by atoms with Gasteiger partial charge in [0.2, 0.25) is 0 Å². The van der Waals surface area contributed by atoms with Gasteiger partial charge in [0, 0.05) is 20.3 Å². The van der Waals surface area contributed by atoms with Crippen molar-refractivity contribution in [3.8, 4) is 0 Å². The fraction of sp³-hybridized carbons (Fsp3) is 0.444. The lowest BCUT2D eigenvalue weighted by molar-refractivity contribution is -0.458. The minimum absolute atomic E-state index is 1.11. The molecule has 0 amide bonds. The second-order valence-electron chi connectivity index (χ2n) is 2.89. The predicted octanol–water partition coefficient (Wildman–Crippen LogP) is 0.961. The van der Waals surface area contributed by atoms with Crippen LogP contribution in [0.5, 0.6) is 0 Å². The first-order chi connectivity index (χ1) is 5.06. The zero-order valence-corrected chi connectivity index (χ0v) is 7.83. The van der Waals surface area contributed by atoms with Gasteiger partial charge in [-0.05, 0) is 0 Å². The van der Waals surface area contributed by atoms with Crippen LogP contribution in [0.25, 0.3) is 0 Å². The van der Waals surface area contributed by atoms with E-state index in [-0.39, 0.29) is 0 Å². The summed E-state index contributed by atoms with van der Waals surface area (Å²) in [6, 6.07) is 0. The number of allylic oxidation sites excluding steroid dienone is 2. The van der Waals surface area contributed by atoms with Crippen LogP contribution in [0.1, 0.15) is 0 Å². The average Bonchev–Trinajstić information content (AvgIpc) is 1.84. The van der Waals surface area contributed by atoms with Gasteiger partial charge in [-0.2, -0.15) is 0 Å². The SMILES string of the molecule is C=C/C(C=[N+](C)C)=C/N(C)C. The minimum Gasteiger partial charge on any atom is -0.383 e. The molecule has 0 aliphatic carbocycles. The number of hydrogen-bond acceptors (Lipinski definition) is 1. The third-order valence-electron chi connectivity index (χ3n) is 1.05. The highest BCUT2D eigenvalue weighted by atomic mass is 15.0. The van der Waals surface area contributed by atoms with Gasteiger partial charge in [-0.1, -0.05) is 12.7 Å². The zero-order chi connectivity index (χ0) is 8.85. The summed E-state index contributed by atoms with van der Waals surface area (Å²) in [5, 5.41) is 0. The van der Waals surface area contributed by atoms with E-state index in [1.807, 2.05) is 56.2 Å². The van der Waals surface area contributed by atoms with Crippen molar-refractivity contribution in [2.24, 2.45) is 0 Å². The van der Waals surface area contributed by atoms with Crippen molar-refractivity contribution in [3.63, 3.8) is 0 Å². The Morgan fingerprint density at radius 1 is 1.36 bits per heavy atom. The van der Waals surface area contributed by atoms with Gasteiger partial charge >= 0.3 is 0 Å². The molecule has 62 valence electrons. The topological polar surface area (TPSA) is 6.25 Å². The second-order valence-corrected chi connectivity index (χ2v) is 2.89. The molecule has 0 N–H and O–H groups in total. The number of nitrogens with zero attached hydrogens (tertiary/aromatic N) is 2. The van der Waals surface area contributed by atoms with E-state index >= 15 is 0 Å². The maximum absolute atomic E-state index is 3.71. The van der Waals surface area contributed by atoms with Crippen molar-refractivity contribution >= 4 is 6.21 Å². The van der Waals surface area contributed by atoms with Crippen molar-refractivity contribution in [2.75, 3.05) is 28.2 Å². The summed E-state index contributed by atoms with van der Waals surface area (Å²) in [4.78, 5) is 2.00. The maximum atomic E-state index is 3.71. The van der Waals surface area contributed by atoms with Gasteiger partial charge < -0.3 is 4.90 Å². The summed E-state index contributed by atoms with van der Waals surface area (Å²) in [6.45, 7) is 3.71. The average molecular weight is 153 g/mol. The summed E-state index contributed by atoms with van der Waals surface area (Å²) < 4.78 is 2.00. The Kier molecular flexibility index (Phi) is 4.27. The molecule has 0 atom stereocenters. The largest absolute Gasteiger partial charge is 0.383 e. The Bertz CT molecular complexity index is 184. The fourth-order valence-corrected chi connectivity index (χ4v) is 0.735. The fourth-order valence-electron chi connectivity index (χ4n) is 0.735. The molecule has 0 bridgehead atoms. The molecule has 2 heteroatoms. The second kappa shape index (κ2) is 4.72. The van der Waals surface area contributed by atoms with Crippen LogP contribution >= 0.6 is 0 Å². The zero-order valence-electron chi connectivity index (χ0n) is 7.83. The van der Waals surface area contributed by atoms with E-state index in [2.05, 4.69) is 6.58 Å². The molecule has 0 fully saturated rings. The van der Waals surface area contributed by atoms with E-state index in [1.54, 1.807) is 0 Å². The molecule has 0 heterocycles. The van der Waals surface area contributed by atoms with Crippen molar-refractivity contribution in [3.05, 3.63) is 24.4 Å². The van der Waals surface area contributed by atoms with Crippen LogP contribution in [0.3, 0.4) is 0 Å². The lowest BCUT2D eigenvalue weighted by atomic mass is 10.3. The van der Waals surface area contributed by atoms with Crippen LogP contribution in [-0.2, 0) is 0 Å². The van der Waals surface area contributed by atoms with Crippen LogP contribution < -0.4 is 0 Å². The van der Waals surface area contributed by atoms with Crippen LogP contribution in [0.4, 0.5) is 0 Å². The van der Waals surface area contributed by atoms with Crippen molar-refractivity contribution in [1.29, 1.82) is 0 Å². The standard InChI is InChI=1S/C9H17N2/c1-6-9(7-10(2)3)8-11(4)5/h6-8H,1H2,2-5H3/q+1. The van der Waals surface area contributed by atoms with Crippen LogP contribution in [0, 0.1) is 0 Å². The van der Waals surface area contributed by atoms with Gasteiger partial charge in [-0.3, -0.25) is 0 Å². The molecule has 11 heavy (non-hydrogen) atoms. The van der Waals surface area contributed by atoms with E-state index < -0.39 is 0 Å². The third-order valence-corrected chi connectivity index (χ3v) is 1.05. The molecule has 0 aromatic rings.